The molecule has 0 amide bonds. The van der Waals surface area contributed by atoms with Gasteiger partial charge in [0.15, 0.2) is 0 Å². The van der Waals surface area contributed by atoms with Crippen LogP contribution >= 0.6 is 0 Å². The lowest BCUT2D eigenvalue weighted by Crippen LogP contribution is -1.90. The molecule has 2 aromatic rings. The van der Waals surface area contributed by atoms with Crippen LogP contribution < -0.4 is 0 Å². The number of benzene rings is 2. The van der Waals surface area contributed by atoms with Crippen molar-refractivity contribution in [2.45, 2.75) is 117 Å². The summed E-state index contributed by atoms with van der Waals surface area (Å²) in [5.41, 5.74) is 7.04. The maximum atomic E-state index is 2.41. The van der Waals surface area contributed by atoms with Crippen molar-refractivity contribution in [1.82, 2.24) is 0 Å². The van der Waals surface area contributed by atoms with Gasteiger partial charge in [0, 0.05) is 0 Å². The first kappa shape index (κ1) is 24.7. The Balaban J connectivity index is 1.59. The van der Waals surface area contributed by atoms with Gasteiger partial charge in [0.05, 0.1) is 0 Å². The molecule has 0 aliphatic carbocycles. The lowest BCUT2D eigenvalue weighted by molar-refractivity contribution is 0.539. The van der Waals surface area contributed by atoms with Gasteiger partial charge in [0.25, 0.3) is 0 Å². The molecule has 0 saturated heterocycles. The molecule has 0 bridgehead atoms. The molecule has 0 spiro atoms. The summed E-state index contributed by atoms with van der Waals surface area (Å²) < 4.78 is 0. The van der Waals surface area contributed by atoms with Crippen molar-refractivity contribution in [3.8, 4) is 11.1 Å². The number of hydrogen-bond donors (Lipinski definition) is 0. The zero-order valence-electron chi connectivity index (χ0n) is 20.1. The molecule has 0 fully saturated rings. The van der Waals surface area contributed by atoms with E-state index in [1.54, 1.807) is 0 Å². The standard InChI is InChI=1S/C30H46/c1-4-6-7-8-9-10-11-12-13-14-15-16-17-18-28-23-26(3)24-30(25-28)29-21-19-27(5-2)20-22-29/h19-25H,4-18H2,1-3H3. The van der Waals surface area contributed by atoms with Crippen LogP contribution in [0.25, 0.3) is 11.1 Å². The smallest absolute Gasteiger partial charge is 0.0179 e. The van der Waals surface area contributed by atoms with E-state index >= 15 is 0 Å². The van der Waals surface area contributed by atoms with Crippen LogP contribution in [0.4, 0.5) is 0 Å². The normalized spacial score (nSPS) is 11.2. The summed E-state index contributed by atoms with van der Waals surface area (Å²) in [6.07, 6.45) is 20.8. The predicted molar refractivity (Wildman–Crippen MR) is 135 cm³/mol. The average Bonchev–Trinajstić information content (AvgIpc) is 2.76. The summed E-state index contributed by atoms with van der Waals surface area (Å²) in [6.45, 7) is 6.75. The van der Waals surface area contributed by atoms with Crippen LogP contribution in [0.3, 0.4) is 0 Å². The van der Waals surface area contributed by atoms with Crippen molar-refractivity contribution in [2.75, 3.05) is 0 Å². The molecular weight excluding hydrogens is 360 g/mol. The summed E-state index contributed by atoms with van der Waals surface area (Å²) in [7, 11) is 0. The highest BCUT2D eigenvalue weighted by atomic mass is 14.1. The van der Waals surface area contributed by atoms with Crippen LogP contribution in [0, 0.1) is 6.92 Å². The minimum atomic E-state index is 1.11. The van der Waals surface area contributed by atoms with Gasteiger partial charge in [-0.2, -0.15) is 0 Å². The molecule has 0 aliphatic heterocycles. The summed E-state index contributed by atoms with van der Waals surface area (Å²) in [4.78, 5) is 0. The van der Waals surface area contributed by atoms with E-state index in [1.807, 2.05) is 0 Å². The first-order chi connectivity index (χ1) is 14.7. The van der Waals surface area contributed by atoms with E-state index in [-0.39, 0.29) is 0 Å². The average molecular weight is 407 g/mol. The first-order valence-corrected chi connectivity index (χ1v) is 12.9. The monoisotopic (exact) mass is 406 g/mol. The highest BCUT2D eigenvalue weighted by Crippen LogP contribution is 2.24. The van der Waals surface area contributed by atoms with Crippen molar-refractivity contribution in [3.05, 3.63) is 59.2 Å². The fraction of sp³-hybridized carbons (Fsp3) is 0.600. The molecule has 0 saturated carbocycles. The minimum absolute atomic E-state index is 1.11. The van der Waals surface area contributed by atoms with Gasteiger partial charge in [-0.3, -0.25) is 0 Å². The maximum absolute atomic E-state index is 2.41. The van der Waals surface area contributed by atoms with Crippen molar-refractivity contribution in [2.24, 2.45) is 0 Å². The number of unbranched alkanes of at least 4 members (excludes halogenated alkanes) is 12. The molecule has 0 unspecified atom stereocenters. The molecule has 166 valence electrons. The third-order valence-corrected chi connectivity index (χ3v) is 6.40. The van der Waals surface area contributed by atoms with E-state index in [9.17, 15) is 0 Å². The lowest BCUT2D eigenvalue weighted by Gasteiger charge is -2.09. The first-order valence-electron chi connectivity index (χ1n) is 12.9. The van der Waals surface area contributed by atoms with E-state index in [2.05, 4.69) is 63.2 Å². The van der Waals surface area contributed by atoms with E-state index in [0.29, 0.717) is 0 Å². The van der Waals surface area contributed by atoms with Crippen LogP contribution in [0.2, 0.25) is 0 Å². The highest BCUT2D eigenvalue weighted by molar-refractivity contribution is 5.65. The number of aryl methyl sites for hydroxylation is 3. The van der Waals surface area contributed by atoms with Crippen molar-refractivity contribution in [3.63, 3.8) is 0 Å². The number of rotatable bonds is 16. The largest absolute Gasteiger partial charge is 0.0654 e. The van der Waals surface area contributed by atoms with Crippen LogP contribution in [0.1, 0.15) is 114 Å². The third-order valence-electron chi connectivity index (χ3n) is 6.40. The Hall–Kier alpha value is -1.56. The molecule has 0 heteroatoms. The molecule has 30 heavy (non-hydrogen) atoms. The van der Waals surface area contributed by atoms with Crippen molar-refractivity contribution in [1.29, 1.82) is 0 Å². The molecule has 2 rings (SSSR count). The van der Waals surface area contributed by atoms with Gasteiger partial charge in [-0.05, 0) is 48.4 Å². The second-order valence-corrected chi connectivity index (χ2v) is 9.25. The van der Waals surface area contributed by atoms with Crippen LogP contribution in [-0.4, -0.2) is 0 Å². The van der Waals surface area contributed by atoms with Crippen molar-refractivity contribution >= 4 is 0 Å². The topological polar surface area (TPSA) is 0 Å². The second kappa shape index (κ2) is 15.3. The maximum Gasteiger partial charge on any atom is -0.0179 e. The molecule has 0 radical (unpaired) electrons. The van der Waals surface area contributed by atoms with Gasteiger partial charge >= 0.3 is 0 Å². The molecule has 0 atom stereocenters. The minimum Gasteiger partial charge on any atom is -0.0654 e. The summed E-state index contributed by atoms with van der Waals surface area (Å²) in [5.74, 6) is 0. The lowest BCUT2D eigenvalue weighted by atomic mass is 9.96. The molecule has 0 aromatic heterocycles. The van der Waals surface area contributed by atoms with Crippen molar-refractivity contribution < 1.29 is 0 Å². The number of hydrogen-bond acceptors (Lipinski definition) is 0. The van der Waals surface area contributed by atoms with E-state index in [4.69, 9.17) is 0 Å². The van der Waals surface area contributed by atoms with Gasteiger partial charge in [-0.1, -0.05) is 139 Å². The fourth-order valence-electron chi connectivity index (χ4n) is 4.45. The highest BCUT2D eigenvalue weighted by Gasteiger charge is 2.03. The van der Waals surface area contributed by atoms with Crippen LogP contribution in [0.15, 0.2) is 42.5 Å². The zero-order chi connectivity index (χ0) is 21.4. The SMILES string of the molecule is CCCCCCCCCCCCCCCc1cc(C)cc(-c2ccc(CC)cc2)c1. The molecule has 2 aromatic carbocycles. The fourth-order valence-corrected chi connectivity index (χ4v) is 4.45. The summed E-state index contributed by atoms with van der Waals surface area (Å²) in [6, 6.07) is 16.2. The van der Waals surface area contributed by atoms with Crippen LogP contribution in [-0.2, 0) is 12.8 Å². The summed E-state index contributed by atoms with van der Waals surface area (Å²) in [5, 5.41) is 0. The van der Waals surface area contributed by atoms with Crippen LogP contribution in [0.5, 0.6) is 0 Å². The van der Waals surface area contributed by atoms with E-state index in [0.717, 1.165) is 6.42 Å². The quantitative estimate of drug-likeness (QED) is 0.243. The van der Waals surface area contributed by atoms with Gasteiger partial charge in [0.2, 0.25) is 0 Å². The molecule has 0 aliphatic rings. The predicted octanol–water partition coefficient (Wildman–Crippen LogP) is 9.86. The Labute approximate surface area is 187 Å². The Kier molecular flexibility index (Phi) is 12.6. The van der Waals surface area contributed by atoms with Gasteiger partial charge < -0.3 is 0 Å². The Morgan fingerprint density at radius 2 is 1.03 bits per heavy atom. The molecule has 0 N–H and O–H groups in total. The van der Waals surface area contributed by atoms with Gasteiger partial charge in [-0.15, -0.1) is 0 Å². The van der Waals surface area contributed by atoms with Gasteiger partial charge in [0.1, 0.15) is 0 Å². The molecular formula is C30H46. The van der Waals surface area contributed by atoms with E-state index in [1.165, 1.54) is 118 Å². The Morgan fingerprint density at radius 3 is 1.57 bits per heavy atom. The Bertz CT molecular complexity index is 680. The summed E-state index contributed by atoms with van der Waals surface area (Å²) >= 11 is 0. The zero-order valence-corrected chi connectivity index (χ0v) is 20.1. The molecule has 0 nitrogen and oxygen atoms in total. The Morgan fingerprint density at radius 1 is 0.500 bits per heavy atom. The second-order valence-electron chi connectivity index (χ2n) is 9.25. The van der Waals surface area contributed by atoms with E-state index < -0.39 is 0 Å². The third kappa shape index (κ3) is 9.96. The molecule has 0 heterocycles. The van der Waals surface area contributed by atoms with Gasteiger partial charge in [-0.25, -0.2) is 0 Å².